The Labute approximate surface area is 123 Å². The van der Waals surface area contributed by atoms with Gasteiger partial charge in [0.15, 0.2) is 0 Å². The van der Waals surface area contributed by atoms with Crippen LogP contribution in [0.15, 0.2) is 22.7 Å². The number of benzene rings is 1. The average molecular weight is 326 g/mol. The maximum absolute atomic E-state index is 9.68. The number of nitriles is 1. The van der Waals surface area contributed by atoms with Crippen LogP contribution < -0.4 is 4.74 Å². The van der Waals surface area contributed by atoms with E-state index in [4.69, 9.17) is 10.00 Å². The molecule has 0 aliphatic heterocycles. The fourth-order valence-electron chi connectivity index (χ4n) is 1.73. The molecule has 0 spiro atoms. The highest BCUT2D eigenvalue weighted by molar-refractivity contribution is 9.10. The van der Waals surface area contributed by atoms with Crippen molar-refractivity contribution in [2.24, 2.45) is 5.41 Å². The van der Waals surface area contributed by atoms with Crippen LogP contribution in [0.4, 0.5) is 0 Å². The summed E-state index contributed by atoms with van der Waals surface area (Å²) in [5, 5.41) is 18.6. The first-order chi connectivity index (χ1) is 8.85. The predicted molar refractivity (Wildman–Crippen MR) is 78.9 cm³/mol. The Balaban J connectivity index is 2.58. The molecule has 1 aromatic carbocycles. The summed E-state index contributed by atoms with van der Waals surface area (Å²) in [7, 11) is 0. The van der Waals surface area contributed by atoms with Gasteiger partial charge in [-0.3, -0.25) is 0 Å². The van der Waals surface area contributed by atoms with Crippen molar-refractivity contribution in [3.05, 3.63) is 28.2 Å². The molecule has 0 radical (unpaired) electrons. The third-order valence-electron chi connectivity index (χ3n) is 2.93. The predicted octanol–water partition coefficient (Wildman–Crippen LogP) is 4.21. The zero-order chi connectivity index (χ0) is 14.5. The van der Waals surface area contributed by atoms with Crippen molar-refractivity contribution in [3.63, 3.8) is 0 Å². The zero-order valence-corrected chi connectivity index (χ0v) is 13.2. The monoisotopic (exact) mass is 325 g/mol. The van der Waals surface area contributed by atoms with Gasteiger partial charge in [-0.25, -0.2) is 0 Å². The van der Waals surface area contributed by atoms with E-state index in [1.807, 2.05) is 32.0 Å². The Hall–Kier alpha value is -1.05. The molecule has 0 saturated heterocycles. The molecule has 0 heterocycles. The third kappa shape index (κ3) is 5.22. The van der Waals surface area contributed by atoms with E-state index in [0.29, 0.717) is 12.4 Å². The largest absolute Gasteiger partial charge is 0.493 e. The number of rotatable bonds is 6. The van der Waals surface area contributed by atoms with Crippen LogP contribution >= 0.6 is 15.9 Å². The highest BCUT2D eigenvalue weighted by Crippen LogP contribution is 2.29. The maximum atomic E-state index is 9.68. The van der Waals surface area contributed by atoms with Gasteiger partial charge in [0.25, 0.3) is 0 Å². The number of aliphatic hydroxyl groups excluding tert-OH is 1. The van der Waals surface area contributed by atoms with Gasteiger partial charge in [0.05, 0.1) is 24.2 Å². The Morgan fingerprint density at radius 1 is 1.47 bits per heavy atom. The molecule has 19 heavy (non-hydrogen) atoms. The summed E-state index contributed by atoms with van der Waals surface area (Å²) in [5.41, 5.74) is 0.469. The van der Waals surface area contributed by atoms with E-state index < -0.39 is 6.10 Å². The summed E-state index contributed by atoms with van der Waals surface area (Å²) in [6, 6.07) is 7.87. The van der Waals surface area contributed by atoms with Gasteiger partial charge in [-0.2, -0.15) is 5.26 Å². The molecular weight excluding hydrogens is 306 g/mol. The van der Waals surface area contributed by atoms with E-state index in [9.17, 15) is 5.11 Å². The minimum atomic E-state index is -0.557. The second-order valence-corrected chi connectivity index (χ2v) is 6.22. The molecule has 1 rings (SSSR count). The third-order valence-corrected chi connectivity index (χ3v) is 3.43. The molecular formula is C15H20BrNO2. The molecule has 1 N–H and O–H groups in total. The second kappa shape index (κ2) is 6.93. The van der Waals surface area contributed by atoms with Crippen LogP contribution in [0, 0.1) is 16.7 Å². The molecule has 0 bridgehead atoms. The molecule has 1 atom stereocenters. The Morgan fingerprint density at radius 2 is 2.16 bits per heavy atom. The van der Waals surface area contributed by atoms with E-state index in [1.54, 1.807) is 6.92 Å². The quantitative estimate of drug-likeness (QED) is 0.797. The van der Waals surface area contributed by atoms with Gasteiger partial charge in [-0.15, -0.1) is 0 Å². The van der Waals surface area contributed by atoms with Gasteiger partial charge in [-0.05, 0) is 45.7 Å². The van der Waals surface area contributed by atoms with E-state index in [1.165, 1.54) is 0 Å². The van der Waals surface area contributed by atoms with Crippen LogP contribution in [-0.4, -0.2) is 11.7 Å². The lowest BCUT2D eigenvalue weighted by atomic mass is 9.90. The Kier molecular flexibility index (Phi) is 5.84. The van der Waals surface area contributed by atoms with Crippen molar-refractivity contribution in [1.82, 2.24) is 0 Å². The number of aliphatic hydroxyl groups is 1. The highest BCUT2D eigenvalue weighted by atomic mass is 79.9. The number of hydrogen-bond acceptors (Lipinski definition) is 3. The van der Waals surface area contributed by atoms with Gasteiger partial charge >= 0.3 is 0 Å². The van der Waals surface area contributed by atoms with Gasteiger partial charge in [0, 0.05) is 10.0 Å². The summed E-state index contributed by atoms with van der Waals surface area (Å²) in [6.45, 7) is 6.11. The van der Waals surface area contributed by atoms with Crippen LogP contribution in [-0.2, 0) is 0 Å². The molecule has 0 unspecified atom stereocenters. The molecule has 3 nitrogen and oxygen atoms in total. The first kappa shape index (κ1) is 16.0. The lowest BCUT2D eigenvalue weighted by Crippen LogP contribution is -2.10. The summed E-state index contributed by atoms with van der Waals surface area (Å²) >= 11 is 3.39. The van der Waals surface area contributed by atoms with E-state index in [2.05, 4.69) is 22.0 Å². The number of halogens is 1. The first-order valence-corrected chi connectivity index (χ1v) is 7.16. The highest BCUT2D eigenvalue weighted by Gasteiger charge is 2.16. The molecule has 0 aliphatic rings. The van der Waals surface area contributed by atoms with Crippen molar-refractivity contribution in [2.45, 2.75) is 39.7 Å². The van der Waals surface area contributed by atoms with Crippen molar-refractivity contribution in [3.8, 4) is 11.8 Å². The zero-order valence-electron chi connectivity index (χ0n) is 11.6. The average Bonchev–Trinajstić information content (AvgIpc) is 2.34. The summed E-state index contributed by atoms with van der Waals surface area (Å²) in [4.78, 5) is 0. The van der Waals surface area contributed by atoms with E-state index >= 15 is 0 Å². The minimum Gasteiger partial charge on any atom is -0.493 e. The van der Waals surface area contributed by atoms with Crippen LogP contribution in [0.25, 0.3) is 0 Å². The summed E-state index contributed by atoms with van der Waals surface area (Å²) in [6.07, 6.45) is 1.05. The summed E-state index contributed by atoms with van der Waals surface area (Å²) in [5.74, 6) is 0.694. The topological polar surface area (TPSA) is 53.2 Å². The van der Waals surface area contributed by atoms with E-state index in [-0.39, 0.29) is 5.41 Å². The minimum absolute atomic E-state index is 0.312. The SMILES string of the molecule is C[C@H](O)c1ccc(Br)cc1OCCCC(C)(C)C#N. The fraction of sp³-hybridized carbons (Fsp3) is 0.533. The van der Waals surface area contributed by atoms with Gasteiger partial charge in [-0.1, -0.05) is 22.0 Å². The molecule has 0 fully saturated rings. The van der Waals surface area contributed by atoms with Crippen LogP contribution in [0.5, 0.6) is 5.75 Å². The lowest BCUT2D eigenvalue weighted by molar-refractivity contribution is 0.190. The van der Waals surface area contributed by atoms with Crippen molar-refractivity contribution < 1.29 is 9.84 Å². The Morgan fingerprint density at radius 3 is 2.74 bits per heavy atom. The fourth-order valence-corrected chi connectivity index (χ4v) is 2.07. The first-order valence-electron chi connectivity index (χ1n) is 6.37. The lowest BCUT2D eigenvalue weighted by Gasteiger charge is -2.17. The number of nitrogens with zero attached hydrogens (tertiary/aromatic N) is 1. The Bertz CT molecular complexity index is 464. The molecule has 0 saturated carbocycles. The molecule has 0 aliphatic carbocycles. The molecule has 104 valence electrons. The van der Waals surface area contributed by atoms with Crippen molar-refractivity contribution in [2.75, 3.05) is 6.61 Å². The number of ether oxygens (including phenoxy) is 1. The van der Waals surface area contributed by atoms with Gasteiger partial charge in [0.1, 0.15) is 5.75 Å². The van der Waals surface area contributed by atoms with Gasteiger partial charge < -0.3 is 9.84 Å². The number of hydrogen-bond donors (Lipinski definition) is 1. The van der Waals surface area contributed by atoms with Crippen molar-refractivity contribution >= 4 is 15.9 Å². The smallest absolute Gasteiger partial charge is 0.126 e. The van der Waals surface area contributed by atoms with Crippen LogP contribution in [0.2, 0.25) is 0 Å². The standard InChI is InChI=1S/C15H20BrNO2/c1-11(18)13-6-5-12(16)9-14(13)19-8-4-7-15(2,3)10-17/h5-6,9,11,18H,4,7-8H2,1-3H3/t11-/m0/s1. The molecule has 1 aromatic rings. The summed E-state index contributed by atoms with van der Waals surface area (Å²) < 4.78 is 6.64. The second-order valence-electron chi connectivity index (χ2n) is 5.31. The van der Waals surface area contributed by atoms with Gasteiger partial charge in [0.2, 0.25) is 0 Å². The molecule has 4 heteroatoms. The molecule has 0 amide bonds. The maximum Gasteiger partial charge on any atom is 0.126 e. The normalized spacial score (nSPS) is 12.8. The van der Waals surface area contributed by atoms with E-state index in [0.717, 1.165) is 22.9 Å². The van der Waals surface area contributed by atoms with Crippen molar-refractivity contribution in [1.29, 1.82) is 5.26 Å². The van der Waals surface area contributed by atoms with Crippen LogP contribution in [0.1, 0.15) is 45.3 Å². The molecule has 0 aromatic heterocycles. The van der Waals surface area contributed by atoms with Crippen LogP contribution in [0.3, 0.4) is 0 Å².